The van der Waals surface area contributed by atoms with E-state index in [0.29, 0.717) is 13.1 Å². The Kier molecular flexibility index (Phi) is 5.97. The lowest BCUT2D eigenvalue weighted by Gasteiger charge is -2.22. The molecule has 2 aromatic rings. The van der Waals surface area contributed by atoms with Crippen LogP contribution in [0.25, 0.3) is 0 Å². The fourth-order valence-electron chi connectivity index (χ4n) is 2.29. The van der Waals surface area contributed by atoms with Crippen molar-refractivity contribution in [1.82, 2.24) is 10.2 Å². The summed E-state index contributed by atoms with van der Waals surface area (Å²) in [6.07, 6.45) is 0. The van der Waals surface area contributed by atoms with Gasteiger partial charge in [-0.1, -0.05) is 24.3 Å². The van der Waals surface area contributed by atoms with Crippen LogP contribution in [-0.4, -0.2) is 32.1 Å². The van der Waals surface area contributed by atoms with Gasteiger partial charge in [-0.2, -0.15) is 0 Å². The summed E-state index contributed by atoms with van der Waals surface area (Å²) in [5, 5.41) is 3.30. The maximum absolute atomic E-state index is 13.3. The van der Waals surface area contributed by atoms with Crippen LogP contribution in [0, 0.1) is 5.82 Å². The number of benzene rings is 2. The molecule has 23 heavy (non-hydrogen) atoms. The molecule has 0 saturated carbocycles. The molecular formula is C18H22FN3O. The molecule has 0 aliphatic heterocycles. The number of rotatable bonds is 5. The molecule has 0 aliphatic carbocycles. The lowest BCUT2D eigenvalue weighted by atomic mass is 10.2. The number of nitrogens with one attached hydrogen (secondary N) is 1. The molecule has 0 spiro atoms. The number of nitrogens with zero attached hydrogens (tertiary/aromatic N) is 2. The summed E-state index contributed by atoms with van der Waals surface area (Å²) in [5.41, 5.74) is 2.03. The molecule has 5 heteroatoms. The van der Waals surface area contributed by atoms with E-state index >= 15 is 0 Å². The number of guanidine groups is 1. The lowest BCUT2D eigenvalue weighted by Crippen LogP contribution is -2.38. The van der Waals surface area contributed by atoms with Gasteiger partial charge in [-0.05, 0) is 35.4 Å². The van der Waals surface area contributed by atoms with E-state index in [0.717, 1.165) is 22.8 Å². The third kappa shape index (κ3) is 4.98. The summed E-state index contributed by atoms with van der Waals surface area (Å²) in [6.45, 7) is 1.24. The number of aliphatic imine (C=N–C) groups is 1. The van der Waals surface area contributed by atoms with Crippen LogP contribution in [0.1, 0.15) is 11.1 Å². The van der Waals surface area contributed by atoms with Crippen LogP contribution in [0.4, 0.5) is 4.39 Å². The first-order valence-electron chi connectivity index (χ1n) is 7.41. The standard InChI is InChI=1S/C18H22FN3O/c1-20-18(21-12-14-7-9-17(23-3)10-8-14)22(2)13-15-5-4-6-16(19)11-15/h4-11H,12-13H2,1-3H3,(H,20,21). The first-order chi connectivity index (χ1) is 11.1. The van der Waals surface area contributed by atoms with Gasteiger partial charge in [0, 0.05) is 27.2 Å². The van der Waals surface area contributed by atoms with Crippen LogP contribution < -0.4 is 10.1 Å². The normalized spacial score (nSPS) is 11.2. The van der Waals surface area contributed by atoms with Gasteiger partial charge in [0.15, 0.2) is 5.96 Å². The van der Waals surface area contributed by atoms with E-state index in [1.807, 2.05) is 42.3 Å². The molecule has 0 aromatic heterocycles. The van der Waals surface area contributed by atoms with Crippen LogP contribution in [0.3, 0.4) is 0 Å². The summed E-state index contributed by atoms with van der Waals surface area (Å²) in [5.74, 6) is 1.36. The number of hydrogen-bond acceptors (Lipinski definition) is 2. The Balaban J connectivity index is 1.93. The van der Waals surface area contributed by atoms with Crippen molar-refractivity contribution in [3.63, 3.8) is 0 Å². The predicted octanol–water partition coefficient (Wildman–Crippen LogP) is 3.04. The maximum atomic E-state index is 13.3. The van der Waals surface area contributed by atoms with Crippen LogP contribution >= 0.6 is 0 Å². The molecule has 0 unspecified atom stereocenters. The van der Waals surface area contributed by atoms with E-state index in [2.05, 4.69) is 10.3 Å². The quantitative estimate of drug-likeness (QED) is 0.680. The molecule has 2 rings (SSSR count). The SMILES string of the molecule is CN=C(NCc1ccc(OC)cc1)N(C)Cc1cccc(F)c1. The molecule has 0 fully saturated rings. The minimum atomic E-state index is -0.225. The van der Waals surface area contributed by atoms with Crippen molar-refractivity contribution in [1.29, 1.82) is 0 Å². The van der Waals surface area contributed by atoms with Gasteiger partial charge in [-0.3, -0.25) is 4.99 Å². The molecular weight excluding hydrogens is 293 g/mol. The van der Waals surface area contributed by atoms with Gasteiger partial charge < -0.3 is 15.0 Å². The highest BCUT2D eigenvalue weighted by Gasteiger charge is 2.07. The largest absolute Gasteiger partial charge is 0.497 e. The summed E-state index contributed by atoms with van der Waals surface area (Å²) < 4.78 is 18.4. The minimum absolute atomic E-state index is 0.225. The number of hydrogen-bond donors (Lipinski definition) is 1. The molecule has 0 heterocycles. The van der Waals surface area contributed by atoms with E-state index in [1.54, 1.807) is 20.2 Å². The van der Waals surface area contributed by atoms with E-state index in [9.17, 15) is 4.39 Å². The second-order valence-electron chi connectivity index (χ2n) is 5.23. The van der Waals surface area contributed by atoms with Crippen LogP contribution in [0.2, 0.25) is 0 Å². The second kappa shape index (κ2) is 8.17. The lowest BCUT2D eigenvalue weighted by molar-refractivity contribution is 0.414. The van der Waals surface area contributed by atoms with E-state index < -0.39 is 0 Å². The Hall–Kier alpha value is -2.56. The van der Waals surface area contributed by atoms with Crippen molar-refractivity contribution in [2.24, 2.45) is 4.99 Å². The van der Waals surface area contributed by atoms with Crippen molar-refractivity contribution < 1.29 is 9.13 Å². The van der Waals surface area contributed by atoms with Gasteiger partial charge in [-0.15, -0.1) is 0 Å². The highest BCUT2D eigenvalue weighted by Crippen LogP contribution is 2.11. The summed E-state index contributed by atoms with van der Waals surface area (Å²) in [4.78, 5) is 6.23. The highest BCUT2D eigenvalue weighted by molar-refractivity contribution is 5.79. The zero-order chi connectivity index (χ0) is 16.7. The molecule has 0 saturated heterocycles. The summed E-state index contributed by atoms with van der Waals surface area (Å²) >= 11 is 0. The van der Waals surface area contributed by atoms with Gasteiger partial charge >= 0.3 is 0 Å². The van der Waals surface area contributed by atoms with E-state index in [1.165, 1.54) is 12.1 Å². The van der Waals surface area contributed by atoms with Gasteiger partial charge in [0.1, 0.15) is 11.6 Å². The van der Waals surface area contributed by atoms with Crippen molar-refractivity contribution >= 4 is 5.96 Å². The van der Waals surface area contributed by atoms with Crippen LogP contribution in [0.5, 0.6) is 5.75 Å². The smallest absolute Gasteiger partial charge is 0.193 e. The van der Waals surface area contributed by atoms with Gasteiger partial charge in [0.05, 0.1) is 7.11 Å². The van der Waals surface area contributed by atoms with Crippen LogP contribution in [0.15, 0.2) is 53.5 Å². The van der Waals surface area contributed by atoms with Crippen molar-refractivity contribution in [3.8, 4) is 5.75 Å². The molecule has 0 aliphatic rings. The number of methoxy groups -OCH3 is 1. The van der Waals surface area contributed by atoms with Crippen molar-refractivity contribution in [3.05, 3.63) is 65.5 Å². The highest BCUT2D eigenvalue weighted by atomic mass is 19.1. The minimum Gasteiger partial charge on any atom is -0.497 e. The Morgan fingerprint density at radius 1 is 1.17 bits per heavy atom. The van der Waals surface area contributed by atoms with E-state index in [4.69, 9.17) is 4.74 Å². The molecule has 4 nitrogen and oxygen atoms in total. The average molecular weight is 315 g/mol. The zero-order valence-electron chi connectivity index (χ0n) is 13.7. The monoisotopic (exact) mass is 315 g/mol. The average Bonchev–Trinajstić information content (AvgIpc) is 2.56. The van der Waals surface area contributed by atoms with Gasteiger partial charge in [0.25, 0.3) is 0 Å². The first-order valence-corrected chi connectivity index (χ1v) is 7.41. The third-order valence-electron chi connectivity index (χ3n) is 3.49. The number of ether oxygens (including phenoxy) is 1. The van der Waals surface area contributed by atoms with Crippen molar-refractivity contribution in [2.75, 3.05) is 21.2 Å². The Morgan fingerprint density at radius 3 is 2.52 bits per heavy atom. The summed E-state index contributed by atoms with van der Waals surface area (Å²) in [6, 6.07) is 14.5. The molecule has 0 amide bonds. The van der Waals surface area contributed by atoms with E-state index in [-0.39, 0.29) is 5.82 Å². The first kappa shape index (κ1) is 16.8. The van der Waals surface area contributed by atoms with Crippen molar-refractivity contribution in [2.45, 2.75) is 13.1 Å². The Labute approximate surface area is 136 Å². The third-order valence-corrected chi connectivity index (χ3v) is 3.49. The predicted molar refractivity (Wildman–Crippen MR) is 91.1 cm³/mol. The Bertz CT molecular complexity index is 656. The second-order valence-corrected chi connectivity index (χ2v) is 5.23. The molecule has 0 atom stereocenters. The molecule has 1 N–H and O–H groups in total. The number of halogens is 1. The fourth-order valence-corrected chi connectivity index (χ4v) is 2.29. The van der Waals surface area contributed by atoms with Gasteiger partial charge in [0.2, 0.25) is 0 Å². The van der Waals surface area contributed by atoms with Crippen LogP contribution in [-0.2, 0) is 13.1 Å². The molecule has 122 valence electrons. The Morgan fingerprint density at radius 2 is 1.91 bits per heavy atom. The fraction of sp³-hybridized carbons (Fsp3) is 0.278. The van der Waals surface area contributed by atoms with Gasteiger partial charge in [-0.25, -0.2) is 4.39 Å². The molecule has 0 bridgehead atoms. The summed E-state index contributed by atoms with van der Waals surface area (Å²) in [7, 11) is 5.31. The molecule has 0 radical (unpaired) electrons. The topological polar surface area (TPSA) is 36.9 Å². The molecule has 2 aromatic carbocycles. The maximum Gasteiger partial charge on any atom is 0.193 e. The zero-order valence-corrected chi connectivity index (χ0v) is 13.7.